The van der Waals surface area contributed by atoms with Crippen molar-refractivity contribution < 1.29 is 9.52 Å². The molecule has 2 nitrogen and oxygen atoms in total. The molecule has 1 atom stereocenters. The summed E-state index contributed by atoms with van der Waals surface area (Å²) in [5, 5.41) is 9.64. The van der Waals surface area contributed by atoms with Gasteiger partial charge in [0.1, 0.15) is 5.76 Å². The van der Waals surface area contributed by atoms with E-state index in [0.29, 0.717) is 6.42 Å². The van der Waals surface area contributed by atoms with Crippen LogP contribution in [0.1, 0.15) is 30.8 Å². The molecule has 0 aliphatic rings. The van der Waals surface area contributed by atoms with Gasteiger partial charge in [0.05, 0.1) is 12.4 Å². The lowest BCUT2D eigenvalue weighted by Crippen LogP contribution is -1.97. The monoisotopic (exact) mass is 166 g/mol. The molecule has 1 rings (SSSR count). The molecule has 1 N–H and O–H groups in total. The van der Waals surface area contributed by atoms with E-state index in [1.54, 1.807) is 12.3 Å². The smallest absolute Gasteiger partial charge is 0.106 e. The predicted molar refractivity (Wildman–Crippen MR) is 47.8 cm³/mol. The molecule has 0 aliphatic carbocycles. The van der Waals surface area contributed by atoms with Crippen molar-refractivity contribution in [2.24, 2.45) is 0 Å². The van der Waals surface area contributed by atoms with E-state index in [9.17, 15) is 5.11 Å². The maximum Gasteiger partial charge on any atom is 0.106 e. The molecule has 2 heteroatoms. The summed E-state index contributed by atoms with van der Waals surface area (Å²) in [5.74, 6) is 0.781. The van der Waals surface area contributed by atoms with Crippen LogP contribution in [-0.4, -0.2) is 5.11 Å². The Morgan fingerprint density at radius 2 is 2.42 bits per heavy atom. The SMILES string of the molecule is C=C(C)CC(O)c1ccoc1C. The van der Waals surface area contributed by atoms with Crippen LogP contribution in [-0.2, 0) is 0 Å². The molecule has 0 radical (unpaired) electrons. The minimum atomic E-state index is -0.471. The largest absolute Gasteiger partial charge is 0.469 e. The van der Waals surface area contributed by atoms with E-state index >= 15 is 0 Å². The van der Waals surface area contributed by atoms with Crippen molar-refractivity contribution >= 4 is 0 Å². The molecule has 0 spiro atoms. The number of hydrogen-bond donors (Lipinski definition) is 1. The number of aliphatic hydroxyl groups excluding tert-OH is 1. The van der Waals surface area contributed by atoms with Crippen LogP contribution < -0.4 is 0 Å². The lowest BCUT2D eigenvalue weighted by atomic mass is 10.0. The Bertz CT molecular complexity index is 273. The zero-order chi connectivity index (χ0) is 9.14. The lowest BCUT2D eigenvalue weighted by Gasteiger charge is -2.08. The van der Waals surface area contributed by atoms with Gasteiger partial charge in [-0.05, 0) is 26.3 Å². The van der Waals surface area contributed by atoms with Crippen LogP contribution in [0, 0.1) is 6.92 Å². The molecule has 1 aromatic rings. The van der Waals surface area contributed by atoms with Gasteiger partial charge in [-0.2, -0.15) is 0 Å². The molecule has 66 valence electrons. The van der Waals surface area contributed by atoms with E-state index in [-0.39, 0.29) is 0 Å². The summed E-state index contributed by atoms with van der Waals surface area (Å²) in [7, 11) is 0. The molecule has 0 saturated heterocycles. The first-order chi connectivity index (χ1) is 5.61. The molecule has 0 aliphatic heterocycles. The van der Waals surface area contributed by atoms with Gasteiger partial charge in [0.25, 0.3) is 0 Å². The number of aliphatic hydroxyl groups is 1. The molecule has 1 aromatic heterocycles. The van der Waals surface area contributed by atoms with Gasteiger partial charge in [-0.3, -0.25) is 0 Å². The van der Waals surface area contributed by atoms with E-state index < -0.39 is 6.10 Å². The first-order valence-corrected chi connectivity index (χ1v) is 3.97. The number of rotatable bonds is 3. The highest BCUT2D eigenvalue weighted by Gasteiger charge is 2.11. The third-order valence-corrected chi connectivity index (χ3v) is 1.80. The fourth-order valence-corrected chi connectivity index (χ4v) is 1.18. The van der Waals surface area contributed by atoms with Crippen LogP contribution >= 0.6 is 0 Å². The van der Waals surface area contributed by atoms with Crippen molar-refractivity contribution in [3.05, 3.63) is 35.8 Å². The standard InChI is InChI=1S/C10H14O2/c1-7(2)6-10(11)9-4-5-12-8(9)3/h4-5,10-11H,1,6H2,2-3H3. The average molecular weight is 166 g/mol. The van der Waals surface area contributed by atoms with E-state index in [4.69, 9.17) is 4.42 Å². The third kappa shape index (κ3) is 1.98. The summed E-state index contributed by atoms with van der Waals surface area (Å²) in [4.78, 5) is 0. The van der Waals surface area contributed by atoms with Crippen LogP contribution in [0.2, 0.25) is 0 Å². The van der Waals surface area contributed by atoms with Gasteiger partial charge in [0.2, 0.25) is 0 Å². The van der Waals surface area contributed by atoms with E-state index in [1.807, 2.05) is 13.8 Å². The van der Waals surface area contributed by atoms with Crippen LogP contribution in [0.3, 0.4) is 0 Å². The van der Waals surface area contributed by atoms with Crippen molar-refractivity contribution in [1.82, 2.24) is 0 Å². The zero-order valence-electron chi connectivity index (χ0n) is 7.50. The van der Waals surface area contributed by atoms with E-state index in [1.165, 1.54) is 0 Å². The van der Waals surface area contributed by atoms with Gasteiger partial charge < -0.3 is 9.52 Å². The second-order valence-corrected chi connectivity index (χ2v) is 3.11. The fraction of sp³-hybridized carbons (Fsp3) is 0.400. The molecule has 0 saturated carbocycles. The molecule has 0 amide bonds. The van der Waals surface area contributed by atoms with Gasteiger partial charge in [0, 0.05) is 5.56 Å². The van der Waals surface area contributed by atoms with Crippen LogP contribution in [0.4, 0.5) is 0 Å². The fourth-order valence-electron chi connectivity index (χ4n) is 1.18. The van der Waals surface area contributed by atoms with Crippen molar-refractivity contribution in [2.45, 2.75) is 26.4 Å². The normalized spacial score (nSPS) is 12.9. The van der Waals surface area contributed by atoms with Gasteiger partial charge >= 0.3 is 0 Å². The molecule has 1 unspecified atom stereocenters. The van der Waals surface area contributed by atoms with Gasteiger partial charge in [-0.1, -0.05) is 5.57 Å². The lowest BCUT2D eigenvalue weighted by molar-refractivity contribution is 0.176. The maximum absolute atomic E-state index is 9.64. The number of hydrogen-bond acceptors (Lipinski definition) is 2. The molecular weight excluding hydrogens is 152 g/mol. The summed E-state index contributed by atoms with van der Waals surface area (Å²) in [6.07, 6.45) is 1.72. The third-order valence-electron chi connectivity index (χ3n) is 1.80. The summed E-state index contributed by atoms with van der Waals surface area (Å²) in [6, 6.07) is 1.79. The molecule has 1 heterocycles. The van der Waals surface area contributed by atoms with Crippen LogP contribution in [0.15, 0.2) is 28.9 Å². The highest BCUT2D eigenvalue weighted by molar-refractivity contribution is 5.19. The molecule has 0 bridgehead atoms. The zero-order valence-corrected chi connectivity index (χ0v) is 7.50. The van der Waals surface area contributed by atoms with Gasteiger partial charge in [0.15, 0.2) is 0 Å². The molecular formula is C10H14O2. The first kappa shape index (κ1) is 9.07. The topological polar surface area (TPSA) is 33.4 Å². The molecule has 12 heavy (non-hydrogen) atoms. The minimum Gasteiger partial charge on any atom is -0.469 e. The second kappa shape index (κ2) is 3.59. The highest BCUT2D eigenvalue weighted by atomic mass is 16.3. The van der Waals surface area contributed by atoms with Gasteiger partial charge in [-0.15, -0.1) is 6.58 Å². The van der Waals surface area contributed by atoms with Crippen LogP contribution in [0.25, 0.3) is 0 Å². The molecule has 0 aromatic carbocycles. The van der Waals surface area contributed by atoms with E-state index in [0.717, 1.165) is 16.9 Å². The maximum atomic E-state index is 9.64. The van der Waals surface area contributed by atoms with Crippen molar-refractivity contribution in [2.75, 3.05) is 0 Å². The Morgan fingerprint density at radius 1 is 1.75 bits per heavy atom. The highest BCUT2D eigenvalue weighted by Crippen LogP contribution is 2.23. The Labute approximate surface area is 72.5 Å². The Balaban J connectivity index is 2.71. The summed E-state index contributed by atoms with van der Waals surface area (Å²) in [6.45, 7) is 7.49. The van der Waals surface area contributed by atoms with E-state index in [2.05, 4.69) is 6.58 Å². The second-order valence-electron chi connectivity index (χ2n) is 3.11. The quantitative estimate of drug-likeness (QED) is 0.700. The van der Waals surface area contributed by atoms with Crippen LogP contribution in [0.5, 0.6) is 0 Å². The van der Waals surface area contributed by atoms with Crippen molar-refractivity contribution in [3.8, 4) is 0 Å². The summed E-state index contributed by atoms with van der Waals surface area (Å²) < 4.78 is 5.08. The summed E-state index contributed by atoms with van der Waals surface area (Å²) >= 11 is 0. The average Bonchev–Trinajstić information content (AvgIpc) is 2.33. The molecule has 0 fully saturated rings. The first-order valence-electron chi connectivity index (χ1n) is 3.97. The Morgan fingerprint density at radius 3 is 2.83 bits per heavy atom. The Kier molecular flexibility index (Phi) is 2.71. The number of aryl methyl sites for hydroxylation is 1. The minimum absolute atomic E-state index is 0.471. The number of furan rings is 1. The summed E-state index contributed by atoms with van der Waals surface area (Å²) in [5.41, 5.74) is 1.83. The Hall–Kier alpha value is -1.02. The van der Waals surface area contributed by atoms with Crippen molar-refractivity contribution in [1.29, 1.82) is 0 Å². The van der Waals surface area contributed by atoms with Crippen molar-refractivity contribution in [3.63, 3.8) is 0 Å². The van der Waals surface area contributed by atoms with Gasteiger partial charge in [-0.25, -0.2) is 0 Å². The predicted octanol–water partition coefficient (Wildman–Crippen LogP) is 2.59.